The molecular formula is C16H12Cl2F3N7O2. The summed E-state index contributed by atoms with van der Waals surface area (Å²) >= 11 is 10.4. The molecule has 0 saturated heterocycles. The maximum atomic E-state index is 14.1. The number of carbonyl (C=O) groups excluding carboxylic acids is 1. The summed E-state index contributed by atoms with van der Waals surface area (Å²) in [6.45, 7) is 1.59. The van der Waals surface area contributed by atoms with Gasteiger partial charge >= 0.3 is 11.6 Å². The second-order valence-corrected chi connectivity index (χ2v) is 6.56. The molecule has 1 atom stereocenters. The van der Waals surface area contributed by atoms with Gasteiger partial charge < -0.3 is 15.4 Å². The predicted molar refractivity (Wildman–Crippen MR) is 100 cm³/mol. The van der Waals surface area contributed by atoms with E-state index in [1.165, 1.54) is 23.4 Å². The van der Waals surface area contributed by atoms with Gasteiger partial charge in [0.15, 0.2) is 5.82 Å². The third kappa shape index (κ3) is 5.27. The molecule has 0 bridgehead atoms. The standard InChI is InChI=1S/C16H12Cl2F3N7O2/c1-8(13-24-7-25-28(13)14-22-3-2-4-23-14)26-15(29)27-11-6-12(30-16(18,20)21)9(17)5-10(11)19/h2-8H,1H3,(H2,26,27,29). The van der Waals surface area contributed by atoms with Crippen LogP contribution in [0.5, 0.6) is 5.75 Å². The molecule has 2 amide bonds. The van der Waals surface area contributed by atoms with Gasteiger partial charge in [-0.25, -0.2) is 24.1 Å². The molecular weight excluding hydrogens is 450 g/mol. The van der Waals surface area contributed by atoms with Gasteiger partial charge in [-0.05, 0) is 19.1 Å². The Hall–Kier alpha value is -3.12. The number of hydrogen-bond donors (Lipinski definition) is 2. The molecule has 0 radical (unpaired) electrons. The first-order chi connectivity index (χ1) is 14.1. The molecule has 0 fully saturated rings. The normalized spacial score (nSPS) is 12.3. The molecule has 3 aromatic rings. The van der Waals surface area contributed by atoms with Crippen LogP contribution < -0.4 is 15.4 Å². The number of urea groups is 1. The van der Waals surface area contributed by atoms with E-state index in [1.807, 2.05) is 0 Å². The number of hydrogen-bond acceptors (Lipinski definition) is 6. The topological polar surface area (TPSA) is 107 Å². The lowest BCUT2D eigenvalue weighted by Crippen LogP contribution is -2.33. The molecule has 0 aliphatic rings. The smallest absolute Gasteiger partial charge is 0.418 e. The van der Waals surface area contributed by atoms with E-state index < -0.39 is 39.9 Å². The molecule has 0 spiro atoms. The van der Waals surface area contributed by atoms with Crippen LogP contribution in [0.4, 0.5) is 23.7 Å². The highest BCUT2D eigenvalue weighted by atomic mass is 35.5. The number of amides is 2. The largest absolute Gasteiger partial charge is 0.487 e. The molecule has 2 N–H and O–H groups in total. The predicted octanol–water partition coefficient (Wildman–Crippen LogP) is 3.90. The first-order valence-corrected chi connectivity index (χ1v) is 8.89. The molecule has 1 unspecified atom stereocenters. The highest BCUT2D eigenvalue weighted by molar-refractivity contribution is 6.32. The minimum absolute atomic E-state index is 0.228. The van der Waals surface area contributed by atoms with E-state index in [9.17, 15) is 18.0 Å². The van der Waals surface area contributed by atoms with Gasteiger partial charge in [-0.1, -0.05) is 11.6 Å². The Balaban J connectivity index is 1.74. The average Bonchev–Trinajstić information content (AvgIpc) is 3.15. The maximum Gasteiger partial charge on any atom is 0.487 e. The summed E-state index contributed by atoms with van der Waals surface area (Å²) in [6.07, 6.45) is 4.26. The van der Waals surface area contributed by atoms with Gasteiger partial charge in [0.1, 0.15) is 17.9 Å². The number of benzene rings is 1. The summed E-state index contributed by atoms with van der Waals surface area (Å²) in [5.41, 5.74) is -4.54. The first-order valence-electron chi connectivity index (χ1n) is 8.13. The molecule has 2 heterocycles. The Morgan fingerprint density at radius 1 is 1.27 bits per heavy atom. The van der Waals surface area contributed by atoms with E-state index in [0.717, 1.165) is 6.07 Å². The Kier molecular flexibility index (Phi) is 6.27. The van der Waals surface area contributed by atoms with Crippen molar-refractivity contribution in [2.45, 2.75) is 18.5 Å². The number of aromatic nitrogens is 5. The van der Waals surface area contributed by atoms with Gasteiger partial charge in [0.2, 0.25) is 0 Å². The second-order valence-electron chi connectivity index (χ2n) is 5.71. The summed E-state index contributed by atoms with van der Waals surface area (Å²) < 4.78 is 45.2. The lowest BCUT2D eigenvalue weighted by molar-refractivity contribution is -0.0964. The van der Waals surface area contributed by atoms with E-state index >= 15 is 0 Å². The van der Waals surface area contributed by atoms with Gasteiger partial charge in [0.25, 0.3) is 5.95 Å². The lowest BCUT2D eigenvalue weighted by atomic mass is 10.2. The first kappa shape index (κ1) is 21.6. The lowest BCUT2D eigenvalue weighted by Gasteiger charge is -2.16. The third-order valence-electron chi connectivity index (χ3n) is 3.55. The van der Waals surface area contributed by atoms with Gasteiger partial charge in [-0.2, -0.15) is 9.78 Å². The quantitative estimate of drug-likeness (QED) is 0.539. The zero-order valence-corrected chi connectivity index (χ0v) is 16.5. The molecule has 0 aliphatic heterocycles. The van der Waals surface area contributed by atoms with Crippen molar-refractivity contribution in [1.82, 2.24) is 30.0 Å². The van der Waals surface area contributed by atoms with Crippen molar-refractivity contribution >= 4 is 34.9 Å². The van der Waals surface area contributed by atoms with Crippen LogP contribution in [0.2, 0.25) is 5.02 Å². The fourth-order valence-corrected chi connectivity index (χ4v) is 2.62. The van der Waals surface area contributed by atoms with E-state index in [-0.39, 0.29) is 5.95 Å². The van der Waals surface area contributed by atoms with E-state index in [0.29, 0.717) is 11.9 Å². The zero-order valence-electron chi connectivity index (χ0n) is 15.0. The molecule has 0 aliphatic carbocycles. The van der Waals surface area contributed by atoms with E-state index in [2.05, 4.69) is 35.4 Å². The fourth-order valence-electron chi connectivity index (χ4n) is 2.35. The molecule has 2 aromatic heterocycles. The number of ether oxygens (including phenoxy) is 1. The monoisotopic (exact) mass is 461 g/mol. The summed E-state index contributed by atoms with van der Waals surface area (Å²) in [4.78, 5) is 24.4. The van der Waals surface area contributed by atoms with Crippen molar-refractivity contribution in [3.8, 4) is 11.7 Å². The summed E-state index contributed by atoms with van der Waals surface area (Å²) in [5.74, 6) is -1.08. The van der Waals surface area contributed by atoms with Crippen molar-refractivity contribution in [1.29, 1.82) is 0 Å². The van der Waals surface area contributed by atoms with Gasteiger partial charge in [-0.3, -0.25) is 0 Å². The molecule has 30 heavy (non-hydrogen) atoms. The molecule has 0 saturated carbocycles. The number of alkyl halides is 3. The van der Waals surface area contributed by atoms with Crippen LogP contribution in [-0.4, -0.2) is 36.3 Å². The van der Waals surface area contributed by atoms with Crippen molar-refractivity contribution in [2.24, 2.45) is 0 Å². The maximum absolute atomic E-state index is 14.1. The SMILES string of the molecule is CC(NC(=O)Nc1cc(OC(F)(F)Cl)c(Cl)cc1F)c1ncnn1-c1ncccn1. The Morgan fingerprint density at radius 2 is 1.97 bits per heavy atom. The molecule has 3 rings (SSSR count). The Labute approximate surface area is 177 Å². The average molecular weight is 462 g/mol. The van der Waals surface area contributed by atoms with Crippen molar-refractivity contribution in [3.63, 3.8) is 0 Å². The van der Waals surface area contributed by atoms with Crippen LogP contribution in [0.25, 0.3) is 5.95 Å². The summed E-state index contributed by atoms with van der Waals surface area (Å²) in [7, 11) is 0. The van der Waals surface area contributed by atoms with Crippen molar-refractivity contribution in [2.75, 3.05) is 5.32 Å². The molecule has 14 heteroatoms. The number of anilines is 1. The van der Waals surface area contributed by atoms with Crippen LogP contribution in [0, 0.1) is 5.82 Å². The van der Waals surface area contributed by atoms with Crippen LogP contribution in [0.3, 0.4) is 0 Å². The van der Waals surface area contributed by atoms with Crippen molar-refractivity contribution in [3.05, 3.63) is 53.6 Å². The zero-order chi connectivity index (χ0) is 21.9. The van der Waals surface area contributed by atoms with E-state index in [4.69, 9.17) is 23.2 Å². The summed E-state index contributed by atoms with van der Waals surface area (Å²) in [6, 6.07) is 1.51. The number of nitrogens with zero attached hydrogens (tertiary/aromatic N) is 5. The van der Waals surface area contributed by atoms with Crippen LogP contribution in [0.1, 0.15) is 18.8 Å². The van der Waals surface area contributed by atoms with E-state index in [1.54, 1.807) is 13.0 Å². The minimum Gasteiger partial charge on any atom is -0.418 e. The van der Waals surface area contributed by atoms with Gasteiger partial charge in [0.05, 0.1) is 16.8 Å². The minimum atomic E-state index is -4.07. The highest BCUT2D eigenvalue weighted by Gasteiger charge is 2.29. The number of rotatable bonds is 6. The van der Waals surface area contributed by atoms with Crippen LogP contribution in [-0.2, 0) is 0 Å². The number of carbonyl (C=O) groups is 1. The molecule has 1 aromatic carbocycles. The highest BCUT2D eigenvalue weighted by Crippen LogP contribution is 2.35. The number of halogens is 5. The van der Waals surface area contributed by atoms with Gasteiger partial charge in [-0.15, -0.1) is 8.78 Å². The second kappa shape index (κ2) is 8.71. The Bertz CT molecular complexity index is 1050. The Morgan fingerprint density at radius 3 is 2.63 bits per heavy atom. The molecule has 9 nitrogen and oxygen atoms in total. The number of nitrogens with one attached hydrogen (secondary N) is 2. The van der Waals surface area contributed by atoms with Gasteiger partial charge in [0, 0.05) is 30.1 Å². The summed E-state index contributed by atoms with van der Waals surface area (Å²) in [5, 5.41) is 8.23. The fraction of sp³-hybridized carbons (Fsp3) is 0.188. The van der Waals surface area contributed by atoms with Crippen molar-refractivity contribution < 1.29 is 22.7 Å². The molecule has 158 valence electrons. The van der Waals surface area contributed by atoms with Crippen LogP contribution in [0.15, 0.2) is 36.9 Å². The van der Waals surface area contributed by atoms with Crippen LogP contribution >= 0.6 is 23.2 Å². The third-order valence-corrected chi connectivity index (χ3v) is 3.92.